The molecule has 1 aliphatic rings. The third-order valence-corrected chi connectivity index (χ3v) is 2.53. The van der Waals surface area contributed by atoms with Gasteiger partial charge in [0.25, 0.3) is 0 Å². The number of rotatable bonds is 2. The van der Waals surface area contributed by atoms with Gasteiger partial charge in [-0.05, 0) is 20.8 Å². The van der Waals surface area contributed by atoms with Gasteiger partial charge in [-0.2, -0.15) is 0 Å². The molecule has 0 unspecified atom stereocenters. The second kappa shape index (κ2) is 4.88. The van der Waals surface area contributed by atoms with Gasteiger partial charge in [0.05, 0.1) is 5.54 Å². The monoisotopic (exact) mass is 231 g/mol. The lowest BCUT2D eigenvalue weighted by Crippen LogP contribution is -2.20. The van der Waals surface area contributed by atoms with E-state index >= 15 is 0 Å². The van der Waals surface area contributed by atoms with Crippen LogP contribution in [0.2, 0.25) is 0 Å². The molecular formula is C10H17NO3S. The second-order valence-electron chi connectivity index (χ2n) is 4.40. The Morgan fingerprint density at radius 3 is 2.87 bits per heavy atom. The van der Waals surface area contributed by atoms with Gasteiger partial charge in [-0.3, -0.25) is 4.79 Å². The molecule has 0 aliphatic carbocycles. The number of hydrogen-bond acceptors (Lipinski definition) is 5. The Bertz CT molecular complexity index is 270. The summed E-state index contributed by atoms with van der Waals surface area (Å²) in [6.07, 6.45) is -0.0556. The van der Waals surface area contributed by atoms with Crippen molar-refractivity contribution in [2.75, 3.05) is 12.4 Å². The Morgan fingerprint density at radius 1 is 1.67 bits per heavy atom. The summed E-state index contributed by atoms with van der Waals surface area (Å²) in [6, 6.07) is 0. The number of carbonyl (C=O) groups excluding carboxylic acids is 1. The fraction of sp³-hybridized carbons (Fsp3) is 0.800. The van der Waals surface area contributed by atoms with Crippen LogP contribution in [0.4, 0.5) is 0 Å². The average Bonchev–Trinajstić information content (AvgIpc) is 2.45. The molecule has 15 heavy (non-hydrogen) atoms. The van der Waals surface area contributed by atoms with Gasteiger partial charge >= 0.3 is 5.97 Å². The first-order valence-electron chi connectivity index (χ1n) is 4.89. The zero-order valence-corrected chi connectivity index (χ0v) is 10.4. The number of esters is 1. The summed E-state index contributed by atoms with van der Waals surface area (Å²) in [5, 5.41) is 0.694. The lowest BCUT2D eigenvalue weighted by atomic mass is 10.1. The number of ether oxygens (including phenoxy) is 2. The van der Waals surface area contributed by atoms with Crippen LogP contribution in [-0.4, -0.2) is 35.2 Å². The SMILES string of the molecule is CC(=O)OC[C@H]1CSC(=NC(C)(C)C)O1. The van der Waals surface area contributed by atoms with Crippen LogP contribution in [-0.2, 0) is 14.3 Å². The van der Waals surface area contributed by atoms with Crippen LogP contribution < -0.4 is 0 Å². The molecule has 0 aromatic heterocycles. The van der Waals surface area contributed by atoms with Crippen molar-refractivity contribution in [3.8, 4) is 0 Å². The van der Waals surface area contributed by atoms with E-state index in [0.717, 1.165) is 5.75 Å². The molecule has 1 saturated heterocycles. The minimum absolute atomic E-state index is 0.0556. The summed E-state index contributed by atoms with van der Waals surface area (Å²) in [7, 11) is 0. The first-order chi connectivity index (χ1) is 6.87. The van der Waals surface area contributed by atoms with Crippen molar-refractivity contribution in [2.45, 2.75) is 39.3 Å². The number of carbonyl (C=O) groups is 1. The molecule has 4 nitrogen and oxygen atoms in total. The Hall–Kier alpha value is -0.710. The molecule has 1 aliphatic heterocycles. The van der Waals surface area contributed by atoms with Crippen LogP contribution in [0, 0.1) is 0 Å². The summed E-state index contributed by atoms with van der Waals surface area (Å²) in [4.78, 5) is 15.0. The quantitative estimate of drug-likeness (QED) is 0.680. The van der Waals surface area contributed by atoms with E-state index in [4.69, 9.17) is 9.47 Å². The van der Waals surface area contributed by atoms with Gasteiger partial charge in [0.15, 0.2) is 0 Å². The summed E-state index contributed by atoms with van der Waals surface area (Å²) in [5.74, 6) is 0.521. The normalized spacial score (nSPS) is 24.0. The molecular weight excluding hydrogens is 214 g/mol. The molecule has 0 saturated carbocycles. The molecule has 86 valence electrons. The molecule has 0 amide bonds. The van der Waals surface area contributed by atoms with Crippen LogP contribution in [0.3, 0.4) is 0 Å². The van der Waals surface area contributed by atoms with Crippen LogP contribution >= 0.6 is 11.8 Å². The van der Waals surface area contributed by atoms with E-state index in [1.165, 1.54) is 6.92 Å². The van der Waals surface area contributed by atoms with Gasteiger partial charge in [0.1, 0.15) is 12.7 Å². The van der Waals surface area contributed by atoms with E-state index in [1.54, 1.807) is 11.8 Å². The van der Waals surface area contributed by atoms with Crippen LogP contribution in [0.25, 0.3) is 0 Å². The van der Waals surface area contributed by atoms with E-state index in [-0.39, 0.29) is 17.6 Å². The Balaban J connectivity index is 2.39. The number of nitrogens with zero attached hydrogens (tertiary/aromatic N) is 1. The summed E-state index contributed by atoms with van der Waals surface area (Å²) < 4.78 is 10.4. The Kier molecular flexibility index (Phi) is 4.02. The van der Waals surface area contributed by atoms with E-state index < -0.39 is 0 Å². The number of hydrogen-bond donors (Lipinski definition) is 0. The fourth-order valence-corrected chi connectivity index (χ4v) is 2.04. The van der Waals surface area contributed by atoms with Crippen LogP contribution in [0.15, 0.2) is 4.99 Å². The van der Waals surface area contributed by atoms with E-state index in [9.17, 15) is 4.79 Å². The highest BCUT2D eigenvalue weighted by atomic mass is 32.2. The minimum Gasteiger partial charge on any atom is -0.465 e. The predicted molar refractivity (Wildman–Crippen MR) is 61.2 cm³/mol. The molecule has 1 fully saturated rings. The largest absolute Gasteiger partial charge is 0.465 e. The molecule has 0 aromatic carbocycles. The van der Waals surface area contributed by atoms with Crippen molar-refractivity contribution in [3.05, 3.63) is 0 Å². The molecule has 1 atom stereocenters. The molecule has 1 heterocycles. The Labute approximate surface area is 94.4 Å². The molecule has 0 radical (unpaired) electrons. The van der Waals surface area contributed by atoms with E-state index in [1.807, 2.05) is 20.8 Å². The number of aliphatic imine (C=N–C) groups is 1. The van der Waals surface area contributed by atoms with Crippen LogP contribution in [0.5, 0.6) is 0 Å². The van der Waals surface area contributed by atoms with Crippen LogP contribution in [0.1, 0.15) is 27.7 Å². The summed E-state index contributed by atoms with van der Waals surface area (Å²) in [5.41, 5.74) is -0.126. The topological polar surface area (TPSA) is 47.9 Å². The van der Waals surface area contributed by atoms with Crippen molar-refractivity contribution in [2.24, 2.45) is 4.99 Å². The van der Waals surface area contributed by atoms with Crippen molar-refractivity contribution in [1.82, 2.24) is 0 Å². The summed E-state index contributed by atoms with van der Waals surface area (Å²) >= 11 is 1.57. The third-order valence-electron chi connectivity index (χ3n) is 1.56. The second-order valence-corrected chi connectivity index (χ2v) is 5.37. The molecule has 1 rings (SSSR count). The lowest BCUT2D eigenvalue weighted by Gasteiger charge is -2.13. The first kappa shape index (κ1) is 12.4. The van der Waals surface area contributed by atoms with E-state index in [2.05, 4.69) is 4.99 Å². The predicted octanol–water partition coefficient (Wildman–Crippen LogP) is 1.84. The highest BCUT2D eigenvalue weighted by Crippen LogP contribution is 2.23. The third kappa shape index (κ3) is 5.06. The number of thioether (sulfide) groups is 1. The van der Waals surface area contributed by atoms with Gasteiger partial charge in [-0.15, -0.1) is 0 Å². The maximum atomic E-state index is 10.6. The zero-order chi connectivity index (χ0) is 11.5. The van der Waals surface area contributed by atoms with Gasteiger partial charge < -0.3 is 9.47 Å². The maximum Gasteiger partial charge on any atom is 0.302 e. The molecule has 0 N–H and O–H groups in total. The van der Waals surface area contributed by atoms with Crippen molar-refractivity contribution < 1.29 is 14.3 Å². The lowest BCUT2D eigenvalue weighted by molar-refractivity contribution is -0.143. The Morgan fingerprint density at radius 2 is 2.33 bits per heavy atom. The summed E-state index contributed by atoms with van der Waals surface area (Å²) in [6.45, 7) is 7.76. The highest BCUT2D eigenvalue weighted by molar-refractivity contribution is 8.13. The van der Waals surface area contributed by atoms with Gasteiger partial charge in [0, 0.05) is 12.7 Å². The fourth-order valence-electron chi connectivity index (χ4n) is 1.000. The standard InChI is InChI=1S/C10H17NO3S/c1-7(12)13-5-8-6-15-9(14-8)11-10(2,3)4/h8H,5-6H2,1-4H3/t8-/m0/s1. The molecule has 0 bridgehead atoms. The van der Waals surface area contributed by atoms with Crippen molar-refractivity contribution >= 4 is 23.0 Å². The molecule has 0 spiro atoms. The highest BCUT2D eigenvalue weighted by Gasteiger charge is 2.25. The smallest absolute Gasteiger partial charge is 0.302 e. The van der Waals surface area contributed by atoms with Crippen molar-refractivity contribution in [3.63, 3.8) is 0 Å². The van der Waals surface area contributed by atoms with E-state index in [0.29, 0.717) is 11.8 Å². The molecule has 5 heteroatoms. The van der Waals surface area contributed by atoms with Gasteiger partial charge in [-0.25, -0.2) is 4.99 Å². The minimum atomic E-state index is -0.273. The zero-order valence-electron chi connectivity index (χ0n) is 9.57. The van der Waals surface area contributed by atoms with Crippen molar-refractivity contribution in [1.29, 1.82) is 0 Å². The molecule has 0 aromatic rings. The maximum absolute atomic E-state index is 10.6. The van der Waals surface area contributed by atoms with Gasteiger partial charge in [0.2, 0.25) is 5.23 Å². The average molecular weight is 231 g/mol. The van der Waals surface area contributed by atoms with Gasteiger partial charge in [-0.1, -0.05) is 11.8 Å². The first-order valence-corrected chi connectivity index (χ1v) is 5.88.